The van der Waals surface area contributed by atoms with Crippen molar-refractivity contribution in [3.63, 3.8) is 0 Å². The van der Waals surface area contributed by atoms with E-state index in [1.165, 1.54) is 4.88 Å². The molecule has 0 aliphatic heterocycles. The molecule has 114 valence electrons. The van der Waals surface area contributed by atoms with E-state index in [9.17, 15) is 0 Å². The van der Waals surface area contributed by atoms with Gasteiger partial charge in [0, 0.05) is 23.4 Å². The lowest BCUT2D eigenvalue weighted by atomic mass is 10.1. The zero-order valence-electron chi connectivity index (χ0n) is 12.6. The molecule has 0 unspecified atom stereocenters. The van der Waals surface area contributed by atoms with Gasteiger partial charge in [-0.15, -0.1) is 11.3 Å². The van der Waals surface area contributed by atoms with E-state index in [1.807, 2.05) is 12.1 Å². The molecule has 0 radical (unpaired) electrons. The standard InChI is InChI=1S/C17H22ClNOS/c1-13(2)11-19-12-14-5-3-7-16(18)17(14)20-9-8-15-6-4-10-21-15/h3-7,10,13,19H,8-9,11-12H2,1-2H3. The molecule has 0 fully saturated rings. The number of halogens is 1. The molecule has 0 bridgehead atoms. The van der Waals surface area contributed by atoms with Gasteiger partial charge in [0.15, 0.2) is 0 Å². The van der Waals surface area contributed by atoms with Crippen molar-refractivity contribution in [3.8, 4) is 5.75 Å². The van der Waals surface area contributed by atoms with E-state index < -0.39 is 0 Å². The molecular formula is C17H22ClNOS. The normalized spacial score (nSPS) is 11.0. The first kappa shape index (κ1) is 16.3. The van der Waals surface area contributed by atoms with Crippen LogP contribution in [0.3, 0.4) is 0 Å². The van der Waals surface area contributed by atoms with Crippen molar-refractivity contribution in [2.45, 2.75) is 26.8 Å². The van der Waals surface area contributed by atoms with Crippen molar-refractivity contribution < 1.29 is 4.74 Å². The Kier molecular flexibility index (Phi) is 6.55. The smallest absolute Gasteiger partial charge is 0.142 e. The lowest BCUT2D eigenvalue weighted by molar-refractivity contribution is 0.318. The summed E-state index contributed by atoms with van der Waals surface area (Å²) in [6.07, 6.45) is 0.918. The average Bonchev–Trinajstić information content (AvgIpc) is 2.94. The van der Waals surface area contributed by atoms with E-state index in [4.69, 9.17) is 16.3 Å². The fourth-order valence-electron chi connectivity index (χ4n) is 2.06. The van der Waals surface area contributed by atoms with Crippen LogP contribution in [0.15, 0.2) is 35.7 Å². The highest BCUT2D eigenvalue weighted by Gasteiger charge is 2.08. The first-order valence-corrected chi connectivity index (χ1v) is 8.56. The highest BCUT2D eigenvalue weighted by molar-refractivity contribution is 7.09. The summed E-state index contributed by atoms with van der Waals surface area (Å²) < 4.78 is 5.93. The molecule has 0 aliphatic carbocycles. The predicted octanol–water partition coefficient (Wildman–Crippen LogP) is 4.77. The maximum absolute atomic E-state index is 6.28. The Labute approximate surface area is 136 Å². The van der Waals surface area contributed by atoms with Crippen LogP contribution in [0.25, 0.3) is 0 Å². The zero-order chi connectivity index (χ0) is 15.1. The summed E-state index contributed by atoms with van der Waals surface area (Å²) in [5.74, 6) is 1.44. The van der Waals surface area contributed by atoms with Gasteiger partial charge in [-0.3, -0.25) is 0 Å². The summed E-state index contributed by atoms with van der Waals surface area (Å²) in [7, 11) is 0. The molecule has 2 aromatic rings. The second-order valence-corrected chi connectivity index (χ2v) is 6.87. The fraction of sp³-hybridized carbons (Fsp3) is 0.412. The Bertz CT molecular complexity index is 540. The molecule has 0 saturated heterocycles. The van der Waals surface area contributed by atoms with Gasteiger partial charge in [0.2, 0.25) is 0 Å². The van der Waals surface area contributed by atoms with Gasteiger partial charge in [-0.05, 0) is 30.0 Å². The van der Waals surface area contributed by atoms with E-state index in [0.717, 1.165) is 30.8 Å². The molecule has 0 atom stereocenters. The molecule has 1 heterocycles. The number of hydrogen-bond donors (Lipinski definition) is 1. The van der Waals surface area contributed by atoms with Crippen molar-refractivity contribution in [1.82, 2.24) is 5.32 Å². The van der Waals surface area contributed by atoms with Crippen molar-refractivity contribution in [1.29, 1.82) is 0 Å². The third-order valence-electron chi connectivity index (χ3n) is 3.09. The van der Waals surface area contributed by atoms with E-state index in [1.54, 1.807) is 11.3 Å². The fourth-order valence-corrected chi connectivity index (χ4v) is 3.00. The highest BCUT2D eigenvalue weighted by Crippen LogP contribution is 2.29. The molecular weight excluding hydrogens is 302 g/mol. The van der Waals surface area contributed by atoms with Crippen LogP contribution in [-0.4, -0.2) is 13.2 Å². The zero-order valence-corrected chi connectivity index (χ0v) is 14.1. The topological polar surface area (TPSA) is 21.3 Å². The SMILES string of the molecule is CC(C)CNCc1cccc(Cl)c1OCCc1cccs1. The van der Waals surface area contributed by atoms with Gasteiger partial charge in [0.25, 0.3) is 0 Å². The third kappa shape index (κ3) is 5.34. The quantitative estimate of drug-likeness (QED) is 0.755. The number of para-hydroxylation sites is 1. The minimum Gasteiger partial charge on any atom is -0.491 e. The van der Waals surface area contributed by atoms with Crippen LogP contribution < -0.4 is 10.1 Å². The highest BCUT2D eigenvalue weighted by atomic mass is 35.5. The Morgan fingerprint density at radius 2 is 2.10 bits per heavy atom. The minimum absolute atomic E-state index is 0.632. The second kappa shape index (κ2) is 8.42. The first-order valence-electron chi connectivity index (χ1n) is 7.30. The van der Waals surface area contributed by atoms with Gasteiger partial charge in [-0.25, -0.2) is 0 Å². The molecule has 2 rings (SSSR count). The summed E-state index contributed by atoms with van der Waals surface area (Å²) in [5.41, 5.74) is 1.12. The first-order chi connectivity index (χ1) is 10.2. The summed E-state index contributed by atoms with van der Waals surface area (Å²) >= 11 is 8.04. The molecule has 0 spiro atoms. The molecule has 1 N–H and O–H groups in total. The summed E-state index contributed by atoms with van der Waals surface area (Å²) in [6.45, 7) is 6.82. The molecule has 0 amide bonds. The molecule has 0 aliphatic rings. The van der Waals surface area contributed by atoms with Crippen LogP contribution in [0.5, 0.6) is 5.75 Å². The third-order valence-corrected chi connectivity index (χ3v) is 4.33. The largest absolute Gasteiger partial charge is 0.491 e. The van der Waals surface area contributed by atoms with E-state index >= 15 is 0 Å². The maximum Gasteiger partial charge on any atom is 0.142 e. The monoisotopic (exact) mass is 323 g/mol. The van der Waals surface area contributed by atoms with Crippen LogP contribution in [0.2, 0.25) is 5.02 Å². The Morgan fingerprint density at radius 1 is 1.24 bits per heavy atom. The lowest BCUT2D eigenvalue weighted by Crippen LogP contribution is -2.19. The molecule has 4 heteroatoms. The summed E-state index contributed by atoms with van der Waals surface area (Å²) in [4.78, 5) is 1.33. The molecule has 1 aromatic heterocycles. The minimum atomic E-state index is 0.632. The number of ether oxygens (including phenoxy) is 1. The van der Waals surface area contributed by atoms with Crippen molar-refractivity contribution >= 4 is 22.9 Å². The van der Waals surface area contributed by atoms with Crippen LogP contribution >= 0.6 is 22.9 Å². The number of rotatable bonds is 8. The van der Waals surface area contributed by atoms with Crippen molar-refractivity contribution in [2.75, 3.05) is 13.2 Å². The Morgan fingerprint density at radius 3 is 2.81 bits per heavy atom. The van der Waals surface area contributed by atoms with Crippen molar-refractivity contribution in [3.05, 3.63) is 51.2 Å². The molecule has 2 nitrogen and oxygen atoms in total. The van der Waals surface area contributed by atoms with Gasteiger partial charge in [-0.2, -0.15) is 0 Å². The maximum atomic E-state index is 6.28. The van der Waals surface area contributed by atoms with Crippen LogP contribution in [0, 0.1) is 5.92 Å². The molecule has 1 aromatic carbocycles. The van der Waals surface area contributed by atoms with Crippen molar-refractivity contribution in [2.24, 2.45) is 5.92 Å². The predicted molar refractivity (Wildman–Crippen MR) is 91.5 cm³/mol. The number of thiophene rings is 1. The number of benzene rings is 1. The van der Waals surface area contributed by atoms with Crippen LogP contribution in [0.1, 0.15) is 24.3 Å². The van der Waals surface area contributed by atoms with E-state index in [-0.39, 0.29) is 0 Å². The lowest BCUT2D eigenvalue weighted by Gasteiger charge is -2.14. The number of hydrogen-bond acceptors (Lipinski definition) is 3. The number of nitrogens with one attached hydrogen (secondary N) is 1. The van der Waals surface area contributed by atoms with Gasteiger partial charge in [-0.1, -0.05) is 43.6 Å². The summed E-state index contributed by atoms with van der Waals surface area (Å²) in [6, 6.07) is 10.1. The molecule has 0 saturated carbocycles. The summed E-state index contributed by atoms with van der Waals surface area (Å²) in [5, 5.41) is 6.21. The molecule has 21 heavy (non-hydrogen) atoms. The second-order valence-electron chi connectivity index (χ2n) is 5.43. The van der Waals surface area contributed by atoms with Gasteiger partial charge in [0.1, 0.15) is 5.75 Å². The van der Waals surface area contributed by atoms with E-state index in [2.05, 4.69) is 42.7 Å². The van der Waals surface area contributed by atoms with Gasteiger partial charge >= 0.3 is 0 Å². The Hall–Kier alpha value is -1.03. The van der Waals surface area contributed by atoms with Crippen LogP contribution in [0.4, 0.5) is 0 Å². The Balaban J connectivity index is 1.93. The van der Waals surface area contributed by atoms with Gasteiger partial charge < -0.3 is 10.1 Å². The average molecular weight is 324 g/mol. The van der Waals surface area contributed by atoms with Gasteiger partial charge in [0.05, 0.1) is 11.6 Å². The van der Waals surface area contributed by atoms with E-state index in [0.29, 0.717) is 17.5 Å². The van der Waals surface area contributed by atoms with Crippen LogP contribution in [-0.2, 0) is 13.0 Å².